The first kappa shape index (κ1) is 49.1. The number of aldehydes is 1. The highest BCUT2D eigenvalue weighted by Crippen LogP contribution is 2.40. The molecule has 0 saturated heterocycles. The zero-order valence-electron chi connectivity index (χ0n) is 37.6. The average molecular weight is 934 g/mol. The van der Waals surface area contributed by atoms with Gasteiger partial charge in [-0.15, -0.1) is 34.0 Å². The van der Waals surface area contributed by atoms with Gasteiger partial charge in [-0.1, -0.05) is 114 Å². The summed E-state index contributed by atoms with van der Waals surface area (Å²) in [7, 11) is 0. The summed E-state index contributed by atoms with van der Waals surface area (Å²) >= 11 is 4.45. The molecule has 3 aromatic heterocycles. The lowest BCUT2D eigenvalue weighted by Crippen LogP contribution is -2.09. The number of thiophene rings is 3. The van der Waals surface area contributed by atoms with E-state index < -0.39 is 11.9 Å². The predicted octanol–water partition coefficient (Wildman–Crippen LogP) is 15.8. The van der Waals surface area contributed by atoms with Crippen LogP contribution in [0.25, 0.3) is 43.5 Å². The highest BCUT2D eigenvalue weighted by atomic mass is 32.1. The number of nitriles is 2. The van der Waals surface area contributed by atoms with E-state index in [1.807, 2.05) is 48.5 Å². The molecule has 0 aliphatic rings. The lowest BCUT2D eigenvalue weighted by Gasteiger charge is -2.26. The van der Waals surface area contributed by atoms with E-state index >= 15 is 0 Å². The first-order valence-corrected chi connectivity index (χ1v) is 25.2. The van der Waals surface area contributed by atoms with Crippen LogP contribution < -0.4 is 4.90 Å². The third kappa shape index (κ3) is 14.1. The Morgan fingerprint density at radius 3 is 1.15 bits per heavy atom. The van der Waals surface area contributed by atoms with E-state index in [2.05, 4.69) is 91.5 Å². The molecule has 11 heteroatoms. The molecule has 3 heterocycles. The van der Waals surface area contributed by atoms with Gasteiger partial charge in [0.05, 0.1) is 18.1 Å². The maximum atomic E-state index is 12.7. The molecule has 0 radical (unpaired) electrons. The maximum Gasteiger partial charge on any atom is 0.348 e. The van der Waals surface area contributed by atoms with Crippen LogP contribution in [0.2, 0.25) is 0 Å². The molecule has 66 heavy (non-hydrogen) atoms. The zero-order valence-corrected chi connectivity index (χ0v) is 40.1. The van der Waals surface area contributed by atoms with Crippen LogP contribution in [-0.2, 0) is 19.1 Å². The van der Waals surface area contributed by atoms with Crippen molar-refractivity contribution in [1.29, 1.82) is 10.5 Å². The monoisotopic (exact) mass is 933 g/mol. The molecule has 0 atom stereocenters. The fraction of sp³-hybridized carbons (Fsp3) is 0.291. The lowest BCUT2D eigenvalue weighted by atomic mass is 10.1. The number of hydrogen-bond acceptors (Lipinski definition) is 11. The zero-order chi connectivity index (χ0) is 46.5. The summed E-state index contributed by atoms with van der Waals surface area (Å²) in [6, 6.07) is 40.5. The molecule has 0 aliphatic carbocycles. The summed E-state index contributed by atoms with van der Waals surface area (Å²) in [4.78, 5) is 44.2. The van der Waals surface area contributed by atoms with Gasteiger partial charge in [0.1, 0.15) is 23.3 Å². The molecule has 0 unspecified atom stereocenters. The Morgan fingerprint density at radius 2 is 0.818 bits per heavy atom. The first-order valence-electron chi connectivity index (χ1n) is 22.8. The van der Waals surface area contributed by atoms with Gasteiger partial charge in [0.25, 0.3) is 0 Å². The number of esters is 2. The van der Waals surface area contributed by atoms with E-state index in [1.165, 1.54) is 72.5 Å². The van der Waals surface area contributed by atoms with Crippen molar-refractivity contribution in [3.05, 3.63) is 135 Å². The van der Waals surface area contributed by atoms with Crippen molar-refractivity contribution in [2.75, 3.05) is 18.1 Å². The van der Waals surface area contributed by atoms with Crippen molar-refractivity contribution >= 4 is 81.4 Å². The number of rotatable bonds is 25. The average Bonchev–Trinajstić information content (AvgIpc) is 4.15. The van der Waals surface area contributed by atoms with Crippen molar-refractivity contribution in [2.24, 2.45) is 0 Å². The summed E-state index contributed by atoms with van der Waals surface area (Å²) in [6.07, 6.45) is 17.1. The van der Waals surface area contributed by atoms with Gasteiger partial charge in [-0.05, 0) is 114 Å². The summed E-state index contributed by atoms with van der Waals surface area (Å²) in [6.45, 7) is 4.99. The van der Waals surface area contributed by atoms with Gasteiger partial charge >= 0.3 is 11.9 Å². The molecular weight excluding hydrogens is 879 g/mol. The second-order valence-electron chi connectivity index (χ2n) is 15.8. The van der Waals surface area contributed by atoms with Crippen LogP contribution in [0.15, 0.2) is 120 Å². The minimum Gasteiger partial charge on any atom is -0.462 e. The van der Waals surface area contributed by atoms with Crippen LogP contribution in [-0.4, -0.2) is 31.4 Å². The number of carbonyl (C=O) groups excluding carboxylic acids is 3. The Hall–Kier alpha value is -6.37. The maximum absolute atomic E-state index is 12.7. The van der Waals surface area contributed by atoms with Crippen molar-refractivity contribution in [1.82, 2.24) is 0 Å². The fourth-order valence-corrected chi connectivity index (χ4v) is 10.1. The van der Waals surface area contributed by atoms with Crippen molar-refractivity contribution in [3.8, 4) is 43.5 Å². The standard InChI is InChI=1S/C55H55N3O5S3/c1-3-5-7-9-11-13-33-62-54(60)43(37-56)35-48-27-30-51(64-48)40-15-21-45(22-16-40)58(47-25-19-42(20-26-47)53-32-29-50(39-59)66-53)46-23-17-41(18-24-46)52-31-28-49(65-52)36-44(38-57)55(61)63-34-14-12-10-8-6-4-2/h15-32,35-36,39H,3-14,33-34H2,1-2H3/b43-35+,44-36+. The van der Waals surface area contributed by atoms with Gasteiger partial charge in [-0.3, -0.25) is 4.79 Å². The van der Waals surface area contributed by atoms with Gasteiger partial charge in [-0.25, -0.2) is 9.59 Å². The van der Waals surface area contributed by atoms with Gasteiger partial charge in [0.15, 0.2) is 6.29 Å². The molecule has 0 fully saturated rings. The van der Waals surface area contributed by atoms with Gasteiger partial charge in [-0.2, -0.15) is 10.5 Å². The Balaban J connectivity index is 1.18. The van der Waals surface area contributed by atoms with Gasteiger partial charge in [0, 0.05) is 41.4 Å². The summed E-state index contributed by atoms with van der Waals surface area (Å²) in [5, 5.41) is 19.5. The molecule has 0 spiro atoms. The number of nitrogens with zero attached hydrogens (tertiary/aromatic N) is 3. The summed E-state index contributed by atoms with van der Waals surface area (Å²) < 4.78 is 10.8. The smallest absolute Gasteiger partial charge is 0.348 e. The van der Waals surface area contributed by atoms with Crippen molar-refractivity contribution in [2.45, 2.75) is 90.9 Å². The van der Waals surface area contributed by atoms with Crippen LogP contribution in [0.3, 0.4) is 0 Å². The van der Waals surface area contributed by atoms with E-state index in [0.29, 0.717) is 18.1 Å². The summed E-state index contributed by atoms with van der Waals surface area (Å²) in [5.41, 5.74) is 5.80. The molecule has 3 aromatic carbocycles. The molecule has 0 saturated carbocycles. The Morgan fingerprint density at radius 1 is 0.485 bits per heavy atom. The first-order chi connectivity index (χ1) is 32.3. The lowest BCUT2D eigenvalue weighted by molar-refractivity contribution is -0.139. The summed E-state index contributed by atoms with van der Waals surface area (Å²) in [5.74, 6) is -1.18. The van der Waals surface area contributed by atoms with Gasteiger partial charge < -0.3 is 14.4 Å². The third-order valence-corrected chi connectivity index (χ3v) is 14.2. The SMILES string of the molecule is CCCCCCCCOC(=O)/C(C#N)=C/c1ccc(-c2ccc(N(c3ccc(-c4ccc(C=O)s4)cc3)c3ccc(-c4ccc(/C=C(\C#N)C(=O)OCCCCCCCC)s4)cc3)cc2)s1. The van der Waals surface area contributed by atoms with Crippen molar-refractivity contribution < 1.29 is 23.9 Å². The Kier molecular flexibility index (Phi) is 19.3. The predicted molar refractivity (Wildman–Crippen MR) is 272 cm³/mol. The number of hydrogen-bond donors (Lipinski definition) is 0. The van der Waals surface area contributed by atoms with Crippen LogP contribution in [0.1, 0.15) is 110 Å². The highest BCUT2D eigenvalue weighted by molar-refractivity contribution is 7.17. The number of carbonyl (C=O) groups is 3. The van der Waals surface area contributed by atoms with Crippen LogP contribution in [0.5, 0.6) is 0 Å². The largest absolute Gasteiger partial charge is 0.462 e. The minimum absolute atomic E-state index is 0.0129. The van der Waals surface area contributed by atoms with E-state index in [1.54, 1.807) is 12.2 Å². The topological polar surface area (TPSA) is 120 Å². The molecule has 8 nitrogen and oxygen atoms in total. The Labute approximate surface area is 401 Å². The third-order valence-electron chi connectivity index (χ3n) is 10.9. The van der Waals surface area contributed by atoms with Crippen LogP contribution in [0.4, 0.5) is 17.1 Å². The van der Waals surface area contributed by atoms with E-state index in [4.69, 9.17) is 9.47 Å². The second-order valence-corrected chi connectivity index (χ2v) is 19.2. The minimum atomic E-state index is -0.591. The van der Waals surface area contributed by atoms with E-state index in [9.17, 15) is 24.9 Å². The van der Waals surface area contributed by atoms with E-state index in [-0.39, 0.29) is 11.1 Å². The van der Waals surface area contributed by atoms with Crippen molar-refractivity contribution in [3.63, 3.8) is 0 Å². The van der Waals surface area contributed by atoms with Crippen LogP contribution >= 0.6 is 34.0 Å². The molecular formula is C55H55N3O5S3. The quantitative estimate of drug-likeness (QED) is 0.0183. The number of ether oxygens (including phenoxy) is 2. The molecule has 6 rings (SSSR count). The number of benzene rings is 3. The molecule has 6 aromatic rings. The van der Waals surface area contributed by atoms with Crippen LogP contribution in [0, 0.1) is 22.7 Å². The number of unbranched alkanes of at least 4 members (excludes halogenated alkanes) is 10. The Bertz CT molecular complexity index is 2520. The normalized spacial score (nSPS) is 11.5. The molecule has 0 aliphatic heterocycles. The number of anilines is 3. The van der Waals surface area contributed by atoms with E-state index in [0.717, 1.165) is 103 Å². The van der Waals surface area contributed by atoms with Gasteiger partial charge in [0.2, 0.25) is 0 Å². The molecule has 0 N–H and O–H groups in total. The second kappa shape index (κ2) is 25.9. The molecule has 0 amide bonds. The molecule has 338 valence electrons. The highest BCUT2D eigenvalue weighted by Gasteiger charge is 2.17. The fourth-order valence-electron chi connectivity index (χ4n) is 7.32. The molecule has 0 bridgehead atoms.